The molecule has 62 valence electrons. The van der Waals surface area contributed by atoms with Crippen molar-refractivity contribution in [2.24, 2.45) is 5.41 Å². The van der Waals surface area contributed by atoms with Gasteiger partial charge < -0.3 is 4.74 Å². The maximum absolute atomic E-state index is 11.1. The van der Waals surface area contributed by atoms with E-state index in [-0.39, 0.29) is 11.9 Å². The molecule has 0 N–H and O–H groups in total. The highest BCUT2D eigenvalue weighted by molar-refractivity contribution is 5.93. The van der Waals surface area contributed by atoms with Crippen molar-refractivity contribution in [3.05, 3.63) is 12.7 Å². The predicted octanol–water partition coefficient (Wildman–Crippen LogP) is 1.56. The van der Waals surface area contributed by atoms with E-state index >= 15 is 0 Å². The largest absolute Gasteiger partial charge is 0.377 e. The first-order chi connectivity index (χ1) is 5.15. The Kier molecular flexibility index (Phi) is 2.14. The molecule has 1 rings (SSSR count). The van der Waals surface area contributed by atoms with Crippen LogP contribution in [0.3, 0.4) is 0 Å². The number of rotatable bonds is 3. The molecule has 1 fully saturated rings. The third kappa shape index (κ3) is 1.11. The first kappa shape index (κ1) is 8.47. The van der Waals surface area contributed by atoms with E-state index in [1.54, 1.807) is 6.08 Å². The van der Waals surface area contributed by atoms with Gasteiger partial charge in [0.25, 0.3) is 0 Å². The Hall–Kier alpha value is -0.630. The minimum Gasteiger partial charge on any atom is -0.377 e. The van der Waals surface area contributed by atoms with Gasteiger partial charge in [0.1, 0.15) is 5.78 Å². The van der Waals surface area contributed by atoms with Gasteiger partial charge >= 0.3 is 0 Å². The van der Waals surface area contributed by atoms with Gasteiger partial charge in [-0.15, -0.1) is 6.58 Å². The Morgan fingerprint density at radius 2 is 2.55 bits per heavy atom. The molecule has 1 aliphatic carbocycles. The Morgan fingerprint density at radius 1 is 1.91 bits per heavy atom. The highest BCUT2D eigenvalue weighted by atomic mass is 16.5. The summed E-state index contributed by atoms with van der Waals surface area (Å²) in [7, 11) is 0. The van der Waals surface area contributed by atoms with Crippen LogP contribution in [0.1, 0.15) is 20.3 Å². The van der Waals surface area contributed by atoms with Crippen molar-refractivity contribution in [1.82, 2.24) is 0 Å². The van der Waals surface area contributed by atoms with Gasteiger partial charge in [-0.05, 0) is 13.8 Å². The van der Waals surface area contributed by atoms with Gasteiger partial charge in [0.15, 0.2) is 0 Å². The van der Waals surface area contributed by atoms with Crippen molar-refractivity contribution in [2.75, 3.05) is 6.61 Å². The fourth-order valence-corrected chi connectivity index (χ4v) is 1.33. The number of hydrogen-bond donors (Lipinski definition) is 0. The molecular formula is C9H14O2. The van der Waals surface area contributed by atoms with Gasteiger partial charge in [-0.3, -0.25) is 4.79 Å². The van der Waals surface area contributed by atoms with Gasteiger partial charge in [-0.1, -0.05) is 6.08 Å². The summed E-state index contributed by atoms with van der Waals surface area (Å²) >= 11 is 0. The summed E-state index contributed by atoms with van der Waals surface area (Å²) in [5, 5.41) is 0. The lowest BCUT2D eigenvalue weighted by Crippen LogP contribution is -2.51. The van der Waals surface area contributed by atoms with Crippen molar-refractivity contribution >= 4 is 5.78 Å². The summed E-state index contributed by atoms with van der Waals surface area (Å²) in [5.41, 5.74) is -0.407. The van der Waals surface area contributed by atoms with E-state index in [9.17, 15) is 4.79 Å². The summed E-state index contributed by atoms with van der Waals surface area (Å²) in [6, 6.07) is 0. The van der Waals surface area contributed by atoms with Gasteiger partial charge in [-0.25, -0.2) is 0 Å². The number of Topliss-reactive ketones (excluding diaryl/α,β-unsaturated/α-hetero) is 1. The molecule has 0 amide bonds. The lowest BCUT2D eigenvalue weighted by Gasteiger charge is -2.42. The Labute approximate surface area is 67.2 Å². The quantitative estimate of drug-likeness (QED) is 0.576. The van der Waals surface area contributed by atoms with Crippen molar-refractivity contribution in [3.8, 4) is 0 Å². The smallest absolute Gasteiger partial charge is 0.147 e. The molecule has 0 unspecified atom stereocenters. The zero-order valence-corrected chi connectivity index (χ0v) is 7.09. The van der Waals surface area contributed by atoms with Crippen molar-refractivity contribution in [2.45, 2.75) is 26.4 Å². The van der Waals surface area contributed by atoms with E-state index in [1.165, 1.54) is 0 Å². The molecule has 0 aromatic heterocycles. The average molecular weight is 154 g/mol. The summed E-state index contributed by atoms with van der Waals surface area (Å²) < 4.78 is 5.36. The van der Waals surface area contributed by atoms with E-state index < -0.39 is 5.41 Å². The maximum Gasteiger partial charge on any atom is 0.147 e. The normalized spacial score (nSPS) is 36.5. The predicted molar refractivity (Wildman–Crippen MR) is 43.3 cm³/mol. The van der Waals surface area contributed by atoms with Crippen LogP contribution in [0.5, 0.6) is 0 Å². The molecule has 0 heterocycles. The number of hydrogen-bond acceptors (Lipinski definition) is 2. The van der Waals surface area contributed by atoms with Gasteiger partial charge in [-0.2, -0.15) is 0 Å². The van der Waals surface area contributed by atoms with Gasteiger partial charge in [0.2, 0.25) is 0 Å². The van der Waals surface area contributed by atoms with E-state index in [0.717, 1.165) is 0 Å². The van der Waals surface area contributed by atoms with Crippen LogP contribution < -0.4 is 0 Å². The number of ketones is 1. The molecule has 0 radical (unpaired) electrons. The molecule has 11 heavy (non-hydrogen) atoms. The van der Waals surface area contributed by atoms with E-state index in [2.05, 4.69) is 6.58 Å². The molecule has 0 bridgehead atoms. The van der Waals surface area contributed by atoms with Crippen LogP contribution in [0.4, 0.5) is 0 Å². The molecule has 0 saturated heterocycles. The molecule has 2 heteroatoms. The Morgan fingerprint density at radius 3 is 2.91 bits per heavy atom. The van der Waals surface area contributed by atoms with Crippen LogP contribution in [0.15, 0.2) is 12.7 Å². The van der Waals surface area contributed by atoms with Gasteiger partial charge in [0.05, 0.1) is 11.5 Å². The topological polar surface area (TPSA) is 26.3 Å². The van der Waals surface area contributed by atoms with Crippen LogP contribution in [0.2, 0.25) is 0 Å². The molecule has 2 nitrogen and oxygen atoms in total. The molecule has 0 aromatic carbocycles. The van der Waals surface area contributed by atoms with Crippen LogP contribution in [0, 0.1) is 5.41 Å². The second-order valence-corrected chi connectivity index (χ2v) is 3.06. The second kappa shape index (κ2) is 2.78. The zero-order valence-electron chi connectivity index (χ0n) is 7.09. The average Bonchev–Trinajstić information content (AvgIpc) is 2.03. The summed E-state index contributed by atoms with van der Waals surface area (Å²) in [6.07, 6.45) is 2.31. The summed E-state index contributed by atoms with van der Waals surface area (Å²) in [6.45, 7) is 8.12. The Bertz CT molecular complexity index is 186. The van der Waals surface area contributed by atoms with E-state index in [0.29, 0.717) is 13.0 Å². The third-order valence-corrected chi connectivity index (χ3v) is 2.43. The third-order valence-electron chi connectivity index (χ3n) is 2.43. The number of carbonyl (C=O) groups is 1. The second-order valence-electron chi connectivity index (χ2n) is 3.06. The minimum atomic E-state index is -0.407. The summed E-state index contributed by atoms with van der Waals surface area (Å²) in [5.74, 6) is 0.242. The minimum absolute atomic E-state index is 0.0671. The zero-order chi connectivity index (χ0) is 8.48. The van der Waals surface area contributed by atoms with Crippen molar-refractivity contribution in [1.29, 1.82) is 0 Å². The lowest BCUT2D eigenvalue weighted by molar-refractivity contribution is -0.153. The molecule has 0 spiro atoms. The molecule has 2 atom stereocenters. The highest BCUT2D eigenvalue weighted by Gasteiger charge is 2.49. The fourth-order valence-electron chi connectivity index (χ4n) is 1.33. The monoisotopic (exact) mass is 154 g/mol. The van der Waals surface area contributed by atoms with Crippen LogP contribution in [-0.2, 0) is 9.53 Å². The lowest BCUT2D eigenvalue weighted by atomic mass is 9.66. The van der Waals surface area contributed by atoms with Crippen LogP contribution >= 0.6 is 0 Å². The standard InChI is InChI=1S/C9H14O2/c1-4-9(3)7(10)6-8(9)11-5-2/h4,8H,1,5-6H2,2-3H3/t8-,9+/m0/s1. The summed E-state index contributed by atoms with van der Waals surface area (Å²) in [4.78, 5) is 11.1. The first-order valence-corrected chi connectivity index (χ1v) is 3.93. The number of ether oxygens (including phenoxy) is 1. The Balaban J connectivity index is 2.60. The highest BCUT2D eigenvalue weighted by Crippen LogP contribution is 2.40. The molecule has 1 saturated carbocycles. The molecule has 1 aliphatic rings. The molecule has 0 aliphatic heterocycles. The number of carbonyl (C=O) groups excluding carboxylic acids is 1. The van der Waals surface area contributed by atoms with Crippen LogP contribution in [-0.4, -0.2) is 18.5 Å². The molecule has 0 aromatic rings. The fraction of sp³-hybridized carbons (Fsp3) is 0.667. The molecular weight excluding hydrogens is 140 g/mol. The maximum atomic E-state index is 11.1. The van der Waals surface area contributed by atoms with E-state index in [1.807, 2.05) is 13.8 Å². The van der Waals surface area contributed by atoms with Crippen molar-refractivity contribution < 1.29 is 9.53 Å². The first-order valence-electron chi connectivity index (χ1n) is 3.93. The SMILES string of the molecule is C=C[C@]1(C)C(=O)C[C@@H]1OCC. The van der Waals surface area contributed by atoms with E-state index in [4.69, 9.17) is 4.74 Å². The van der Waals surface area contributed by atoms with Crippen LogP contribution in [0.25, 0.3) is 0 Å². The van der Waals surface area contributed by atoms with Crippen molar-refractivity contribution in [3.63, 3.8) is 0 Å². The van der Waals surface area contributed by atoms with Gasteiger partial charge in [0, 0.05) is 13.0 Å².